The molecule has 2 aliphatic rings. The molecular formula is C17H13NO2. The standard InChI is InChI=1S/C17H13NO2/c1-2-4-14-12(3-1)7-15-13-9-17-16(19-10-20-17)8-11(13)5-6-18(14)15/h1-4,7-9H,5-6,10H2. The Labute approximate surface area is 116 Å². The van der Waals surface area contributed by atoms with Crippen LogP contribution in [0.1, 0.15) is 5.56 Å². The molecule has 3 heterocycles. The van der Waals surface area contributed by atoms with Crippen molar-refractivity contribution in [2.24, 2.45) is 0 Å². The van der Waals surface area contributed by atoms with E-state index in [9.17, 15) is 0 Å². The van der Waals surface area contributed by atoms with Gasteiger partial charge in [-0.05, 0) is 36.2 Å². The first-order chi connectivity index (χ1) is 9.90. The molecule has 0 fully saturated rings. The van der Waals surface area contributed by atoms with Crippen LogP contribution in [0.4, 0.5) is 0 Å². The average Bonchev–Trinajstić information content (AvgIpc) is 3.08. The van der Waals surface area contributed by atoms with E-state index < -0.39 is 0 Å². The Morgan fingerprint density at radius 3 is 2.75 bits per heavy atom. The fourth-order valence-electron chi connectivity index (χ4n) is 3.34. The summed E-state index contributed by atoms with van der Waals surface area (Å²) in [5.74, 6) is 1.75. The molecule has 5 rings (SSSR count). The second-order valence-corrected chi connectivity index (χ2v) is 5.35. The second kappa shape index (κ2) is 3.57. The summed E-state index contributed by atoms with van der Waals surface area (Å²) in [5, 5.41) is 1.30. The summed E-state index contributed by atoms with van der Waals surface area (Å²) >= 11 is 0. The highest BCUT2D eigenvalue weighted by atomic mass is 16.7. The molecule has 2 aliphatic heterocycles. The van der Waals surface area contributed by atoms with Gasteiger partial charge in [0, 0.05) is 28.7 Å². The van der Waals surface area contributed by atoms with Crippen molar-refractivity contribution in [3.63, 3.8) is 0 Å². The van der Waals surface area contributed by atoms with Crippen LogP contribution in [0.15, 0.2) is 42.5 Å². The lowest BCUT2D eigenvalue weighted by atomic mass is 9.98. The summed E-state index contributed by atoms with van der Waals surface area (Å²) in [5.41, 5.74) is 5.22. The first-order valence-corrected chi connectivity index (χ1v) is 6.91. The van der Waals surface area contributed by atoms with E-state index in [1.165, 1.54) is 27.7 Å². The molecule has 0 bridgehead atoms. The van der Waals surface area contributed by atoms with Crippen LogP contribution in [0.5, 0.6) is 11.5 Å². The van der Waals surface area contributed by atoms with Crippen molar-refractivity contribution in [3.8, 4) is 22.8 Å². The van der Waals surface area contributed by atoms with E-state index >= 15 is 0 Å². The molecule has 0 unspecified atom stereocenters. The van der Waals surface area contributed by atoms with Crippen molar-refractivity contribution in [1.82, 2.24) is 4.57 Å². The van der Waals surface area contributed by atoms with Crippen LogP contribution in [0.2, 0.25) is 0 Å². The topological polar surface area (TPSA) is 23.4 Å². The molecule has 0 amide bonds. The maximum Gasteiger partial charge on any atom is 0.231 e. The van der Waals surface area contributed by atoms with E-state index in [4.69, 9.17) is 9.47 Å². The lowest BCUT2D eigenvalue weighted by Gasteiger charge is -2.20. The largest absolute Gasteiger partial charge is 0.454 e. The number of ether oxygens (including phenoxy) is 2. The number of nitrogens with zero attached hydrogens (tertiary/aromatic N) is 1. The van der Waals surface area contributed by atoms with Gasteiger partial charge in [-0.25, -0.2) is 0 Å². The lowest BCUT2D eigenvalue weighted by Crippen LogP contribution is -2.10. The van der Waals surface area contributed by atoms with Gasteiger partial charge < -0.3 is 14.0 Å². The molecule has 0 saturated carbocycles. The van der Waals surface area contributed by atoms with Crippen molar-refractivity contribution in [3.05, 3.63) is 48.0 Å². The molecule has 3 heteroatoms. The lowest BCUT2D eigenvalue weighted by molar-refractivity contribution is 0.174. The highest BCUT2D eigenvalue weighted by Gasteiger charge is 2.23. The zero-order chi connectivity index (χ0) is 13.1. The molecule has 3 aromatic rings. The summed E-state index contributed by atoms with van der Waals surface area (Å²) in [4.78, 5) is 0. The van der Waals surface area contributed by atoms with Crippen molar-refractivity contribution < 1.29 is 9.47 Å². The highest BCUT2D eigenvalue weighted by Crippen LogP contribution is 2.42. The van der Waals surface area contributed by atoms with Crippen LogP contribution in [-0.2, 0) is 13.0 Å². The molecule has 2 aromatic carbocycles. The number of para-hydroxylation sites is 1. The summed E-state index contributed by atoms with van der Waals surface area (Å²) in [6, 6.07) is 15.1. The quantitative estimate of drug-likeness (QED) is 0.618. The molecule has 98 valence electrons. The van der Waals surface area contributed by atoms with Crippen LogP contribution in [0.3, 0.4) is 0 Å². The Kier molecular flexibility index (Phi) is 1.85. The number of benzene rings is 2. The molecule has 3 nitrogen and oxygen atoms in total. The van der Waals surface area contributed by atoms with Crippen LogP contribution in [0.25, 0.3) is 22.2 Å². The fraction of sp³-hybridized carbons (Fsp3) is 0.176. The maximum atomic E-state index is 5.52. The molecule has 0 spiro atoms. The minimum Gasteiger partial charge on any atom is -0.454 e. The van der Waals surface area contributed by atoms with E-state index in [1.54, 1.807) is 0 Å². The Morgan fingerprint density at radius 1 is 0.950 bits per heavy atom. The predicted octanol–water partition coefficient (Wildman–Crippen LogP) is 3.59. The van der Waals surface area contributed by atoms with Crippen molar-refractivity contribution in [1.29, 1.82) is 0 Å². The molecule has 0 aliphatic carbocycles. The Bertz CT molecular complexity index is 848. The monoisotopic (exact) mass is 263 g/mol. The Balaban J connectivity index is 1.82. The van der Waals surface area contributed by atoms with E-state index in [0.29, 0.717) is 6.79 Å². The molecule has 0 saturated heterocycles. The Morgan fingerprint density at radius 2 is 1.80 bits per heavy atom. The minimum atomic E-state index is 0.335. The minimum absolute atomic E-state index is 0.335. The van der Waals surface area contributed by atoms with Gasteiger partial charge in [0.2, 0.25) is 6.79 Å². The van der Waals surface area contributed by atoms with Gasteiger partial charge in [-0.3, -0.25) is 0 Å². The average molecular weight is 263 g/mol. The van der Waals surface area contributed by atoms with Crippen LogP contribution < -0.4 is 9.47 Å². The molecule has 0 N–H and O–H groups in total. The van der Waals surface area contributed by atoms with Gasteiger partial charge >= 0.3 is 0 Å². The van der Waals surface area contributed by atoms with Crippen LogP contribution in [0, 0.1) is 0 Å². The van der Waals surface area contributed by atoms with Gasteiger partial charge in [0.1, 0.15) is 0 Å². The SMILES string of the molecule is c1ccc2c(c1)cc1n2CCc2cc3c(cc2-1)OCO3. The number of aromatic nitrogens is 1. The summed E-state index contributed by atoms with van der Waals surface area (Å²) in [6.07, 6.45) is 1.04. The van der Waals surface area contributed by atoms with Gasteiger partial charge in [-0.1, -0.05) is 18.2 Å². The number of rotatable bonds is 0. The number of hydrogen-bond acceptors (Lipinski definition) is 2. The van der Waals surface area contributed by atoms with Crippen molar-refractivity contribution in [2.75, 3.05) is 6.79 Å². The normalized spacial score (nSPS) is 15.2. The highest BCUT2D eigenvalue weighted by molar-refractivity contribution is 5.88. The molecule has 0 radical (unpaired) electrons. The third kappa shape index (κ3) is 1.24. The third-order valence-electron chi connectivity index (χ3n) is 4.29. The number of hydrogen-bond donors (Lipinski definition) is 0. The summed E-state index contributed by atoms with van der Waals surface area (Å²) < 4.78 is 13.4. The molecule has 0 atom stereocenters. The van der Waals surface area contributed by atoms with Gasteiger partial charge in [0.05, 0.1) is 0 Å². The molecule has 1 aromatic heterocycles. The fourth-order valence-corrected chi connectivity index (χ4v) is 3.34. The molecule has 20 heavy (non-hydrogen) atoms. The van der Waals surface area contributed by atoms with E-state index in [0.717, 1.165) is 24.5 Å². The zero-order valence-electron chi connectivity index (χ0n) is 10.9. The summed E-state index contributed by atoms with van der Waals surface area (Å²) in [6.45, 7) is 1.36. The smallest absolute Gasteiger partial charge is 0.231 e. The van der Waals surface area contributed by atoms with E-state index in [-0.39, 0.29) is 0 Å². The van der Waals surface area contributed by atoms with E-state index in [2.05, 4.69) is 47.0 Å². The third-order valence-corrected chi connectivity index (χ3v) is 4.29. The first-order valence-electron chi connectivity index (χ1n) is 6.91. The zero-order valence-corrected chi connectivity index (χ0v) is 10.9. The second-order valence-electron chi connectivity index (χ2n) is 5.35. The Hall–Kier alpha value is -2.42. The number of aryl methyl sites for hydroxylation is 2. The van der Waals surface area contributed by atoms with Crippen LogP contribution >= 0.6 is 0 Å². The van der Waals surface area contributed by atoms with Crippen molar-refractivity contribution >= 4 is 10.9 Å². The van der Waals surface area contributed by atoms with Gasteiger partial charge in [-0.15, -0.1) is 0 Å². The maximum absolute atomic E-state index is 5.52. The van der Waals surface area contributed by atoms with Gasteiger partial charge in [0.15, 0.2) is 11.5 Å². The molecular weight excluding hydrogens is 250 g/mol. The predicted molar refractivity (Wildman–Crippen MR) is 77.2 cm³/mol. The van der Waals surface area contributed by atoms with Crippen LogP contribution in [-0.4, -0.2) is 11.4 Å². The van der Waals surface area contributed by atoms with E-state index in [1.807, 2.05) is 0 Å². The summed E-state index contributed by atoms with van der Waals surface area (Å²) in [7, 11) is 0. The van der Waals surface area contributed by atoms with Gasteiger partial charge in [-0.2, -0.15) is 0 Å². The van der Waals surface area contributed by atoms with Crippen molar-refractivity contribution in [2.45, 2.75) is 13.0 Å². The number of fused-ring (bicyclic) bond motifs is 6. The van der Waals surface area contributed by atoms with Gasteiger partial charge in [0.25, 0.3) is 0 Å². The first kappa shape index (κ1) is 10.4.